The fraction of sp³-hybridized carbons (Fsp3) is 0.318. The third kappa shape index (κ3) is 4.08. The van der Waals surface area contributed by atoms with E-state index in [0.717, 1.165) is 41.2 Å². The van der Waals surface area contributed by atoms with E-state index < -0.39 is 0 Å². The number of rotatable bonds is 5. The highest BCUT2D eigenvalue weighted by molar-refractivity contribution is 5.95. The number of benzene rings is 1. The third-order valence-corrected chi connectivity index (χ3v) is 5.01. The maximum atomic E-state index is 9.39. The molecule has 1 N–H and O–H groups in total. The Labute approximate surface area is 169 Å². The lowest BCUT2D eigenvalue weighted by Gasteiger charge is -2.38. The van der Waals surface area contributed by atoms with Gasteiger partial charge in [0.2, 0.25) is 0 Å². The Morgan fingerprint density at radius 1 is 1.24 bits per heavy atom. The van der Waals surface area contributed by atoms with Gasteiger partial charge in [0.1, 0.15) is 17.6 Å². The first kappa shape index (κ1) is 19.0. The SMILES string of the molecule is COc1ccnc(NC[C@@H]2CN(c3ccc(C#N)c4ncccc34)C[C@@H](C)O2)c1. The van der Waals surface area contributed by atoms with Crippen LogP contribution in [0.5, 0.6) is 5.75 Å². The number of ether oxygens (including phenoxy) is 2. The average molecular weight is 389 g/mol. The largest absolute Gasteiger partial charge is 0.497 e. The second-order valence-electron chi connectivity index (χ2n) is 7.08. The molecule has 3 heterocycles. The predicted octanol–water partition coefficient (Wildman–Crippen LogP) is 3.22. The summed E-state index contributed by atoms with van der Waals surface area (Å²) in [6.07, 6.45) is 3.52. The minimum absolute atomic E-state index is 0.00545. The molecule has 0 spiro atoms. The Hall–Kier alpha value is -3.37. The van der Waals surface area contributed by atoms with Crippen LogP contribution < -0.4 is 15.0 Å². The normalized spacial score (nSPS) is 19.0. The molecule has 1 saturated heterocycles. The molecule has 2 atom stereocenters. The summed E-state index contributed by atoms with van der Waals surface area (Å²) >= 11 is 0. The number of nitrogens with zero attached hydrogens (tertiary/aromatic N) is 4. The van der Waals surface area contributed by atoms with Gasteiger partial charge in [-0.25, -0.2) is 4.98 Å². The van der Waals surface area contributed by atoms with Gasteiger partial charge in [-0.1, -0.05) is 0 Å². The van der Waals surface area contributed by atoms with E-state index in [1.165, 1.54) is 0 Å². The molecule has 0 bridgehead atoms. The third-order valence-electron chi connectivity index (χ3n) is 5.01. The molecule has 0 radical (unpaired) electrons. The Bertz CT molecular complexity index is 1050. The quantitative estimate of drug-likeness (QED) is 0.717. The van der Waals surface area contributed by atoms with E-state index in [9.17, 15) is 5.26 Å². The first-order valence-electron chi connectivity index (χ1n) is 9.60. The minimum atomic E-state index is -0.00545. The molecular formula is C22H23N5O2. The number of morpholine rings is 1. The van der Waals surface area contributed by atoms with Crippen LogP contribution in [0, 0.1) is 11.3 Å². The first-order chi connectivity index (χ1) is 14.2. The van der Waals surface area contributed by atoms with Crippen molar-refractivity contribution in [3.63, 3.8) is 0 Å². The van der Waals surface area contributed by atoms with Crippen LogP contribution in [-0.4, -0.2) is 48.9 Å². The van der Waals surface area contributed by atoms with E-state index in [4.69, 9.17) is 9.47 Å². The molecule has 1 aliphatic rings. The van der Waals surface area contributed by atoms with Crippen molar-refractivity contribution < 1.29 is 9.47 Å². The Morgan fingerprint density at radius 2 is 2.14 bits per heavy atom. The number of pyridine rings is 2. The monoisotopic (exact) mass is 389 g/mol. The van der Waals surface area contributed by atoms with Crippen LogP contribution >= 0.6 is 0 Å². The summed E-state index contributed by atoms with van der Waals surface area (Å²) in [6.45, 7) is 4.22. The zero-order valence-corrected chi connectivity index (χ0v) is 16.5. The zero-order chi connectivity index (χ0) is 20.2. The van der Waals surface area contributed by atoms with E-state index >= 15 is 0 Å². The molecule has 0 amide bonds. The van der Waals surface area contributed by atoms with E-state index in [2.05, 4.69) is 33.2 Å². The standard InChI is InChI=1S/C22H23N5O2/c1-15-13-27(20-6-5-16(11-23)22-19(20)4-3-8-25-22)14-18(29-15)12-26-21-10-17(28-2)7-9-24-21/h3-10,15,18H,12-14H2,1-2H3,(H,24,26)/t15-,18-/m1/s1. The molecule has 1 fully saturated rings. The number of hydrogen-bond donors (Lipinski definition) is 1. The molecule has 3 aromatic rings. The number of nitrogens with one attached hydrogen (secondary N) is 1. The first-order valence-corrected chi connectivity index (χ1v) is 9.60. The summed E-state index contributed by atoms with van der Waals surface area (Å²) in [7, 11) is 1.64. The zero-order valence-electron chi connectivity index (χ0n) is 16.5. The molecule has 29 heavy (non-hydrogen) atoms. The van der Waals surface area contributed by atoms with Crippen LogP contribution in [0.1, 0.15) is 12.5 Å². The lowest BCUT2D eigenvalue weighted by atomic mass is 10.1. The number of fused-ring (bicyclic) bond motifs is 1. The van der Waals surface area contributed by atoms with Crippen LogP contribution in [0.25, 0.3) is 10.9 Å². The Balaban J connectivity index is 1.54. The van der Waals surface area contributed by atoms with Crippen LogP contribution in [0.3, 0.4) is 0 Å². The Kier molecular flexibility index (Phi) is 5.45. The molecular weight excluding hydrogens is 366 g/mol. The van der Waals surface area contributed by atoms with Crippen molar-refractivity contribution in [3.8, 4) is 11.8 Å². The molecule has 7 nitrogen and oxygen atoms in total. The molecule has 0 saturated carbocycles. The Morgan fingerprint density at radius 3 is 2.97 bits per heavy atom. The maximum Gasteiger partial charge on any atom is 0.129 e. The second-order valence-corrected chi connectivity index (χ2v) is 7.08. The predicted molar refractivity (Wildman–Crippen MR) is 112 cm³/mol. The van der Waals surface area contributed by atoms with E-state index in [0.29, 0.717) is 12.1 Å². The summed E-state index contributed by atoms with van der Waals surface area (Å²) in [5.74, 6) is 1.52. The molecule has 0 aliphatic carbocycles. The number of nitriles is 1. The van der Waals surface area contributed by atoms with Gasteiger partial charge in [0.15, 0.2) is 0 Å². The van der Waals surface area contributed by atoms with Crippen molar-refractivity contribution in [1.29, 1.82) is 5.26 Å². The molecule has 2 aromatic heterocycles. The molecule has 148 valence electrons. The van der Waals surface area contributed by atoms with Gasteiger partial charge < -0.3 is 19.7 Å². The lowest BCUT2D eigenvalue weighted by molar-refractivity contribution is -0.00823. The van der Waals surface area contributed by atoms with Gasteiger partial charge in [-0.15, -0.1) is 0 Å². The van der Waals surface area contributed by atoms with Crippen molar-refractivity contribution in [1.82, 2.24) is 9.97 Å². The highest BCUT2D eigenvalue weighted by Crippen LogP contribution is 2.30. The van der Waals surface area contributed by atoms with Crippen LogP contribution in [0.4, 0.5) is 11.5 Å². The highest BCUT2D eigenvalue weighted by atomic mass is 16.5. The van der Waals surface area contributed by atoms with Crippen LogP contribution in [0.2, 0.25) is 0 Å². The smallest absolute Gasteiger partial charge is 0.129 e. The molecule has 1 aromatic carbocycles. The lowest BCUT2D eigenvalue weighted by Crippen LogP contribution is -2.49. The van der Waals surface area contributed by atoms with E-state index in [1.54, 1.807) is 19.5 Å². The average Bonchev–Trinajstić information content (AvgIpc) is 2.76. The van der Waals surface area contributed by atoms with Crippen LogP contribution in [-0.2, 0) is 4.74 Å². The van der Waals surface area contributed by atoms with E-state index in [-0.39, 0.29) is 12.2 Å². The van der Waals surface area contributed by atoms with Gasteiger partial charge in [0, 0.05) is 49.2 Å². The highest BCUT2D eigenvalue weighted by Gasteiger charge is 2.26. The van der Waals surface area contributed by atoms with Gasteiger partial charge in [0.05, 0.1) is 30.4 Å². The van der Waals surface area contributed by atoms with Gasteiger partial charge in [-0.05, 0) is 37.3 Å². The van der Waals surface area contributed by atoms with Crippen molar-refractivity contribution in [2.24, 2.45) is 0 Å². The maximum absolute atomic E-state index is 9.39. The summed E-state index contributed by atoms with van der Waals surface area (Å²) in [5.41, 5.74) is 2.40. The van der Waals surface area contributed by atoms with Gasteiger partial charge >= 0.3 is 0 Å². The number of anilines is 2. The van der Waals surface area contributed by atoms with Crippen molar-refractivity contribution in [2.45, 2.75) is 19.1 Å². The van der Waals surface area contributed by atoms with Crippen molar-refractivity contribution in [2.75, 3.05) is 37.0 Å². The van der Waals surface area contributed by atoms with E-state index in [1.807, 2.05) is 36.4 Å². The number of aromatic nitrogens is 2. The molecule has 4 rings (SSSR count). The topological polar surface area (TPSA) is 83.3 Å². The van der Waals surface area contributed by atoms with Gasteiger partial charge in [0.25, 0.3) is 0 Å². The summed E-state index contributed by atoms with van der Waals surface area (Å²) in [6, 6.07) is 13.7. The van der Waals surface area contributed by atoms with Gasteiger partial charge in [-0.3, -0.25) is 4.98 Å². The fourth-order valence-corrected chi connectivity index (χ4v) is 3.73. The number of hydrogen-bond acceptors (Lipinski definition) is 7. The van der Waals surface area contributed by atoms with Crippen molar-refractivity contribution in [3.05, 3.63) is 54.4 Å². The molecule has 1 aliphatic heterocycles. The van der Waals surface area contributed by atoms with Crippen molar-refractivity contribution >= 4 is 22.4 Å². The molecule has 7 heteroatoms. The number of methoxy groups -OCH3 is 1. The molecule has 0 unspecified atom stereocenters. The fourth-order valence-electron chi connectivity index (χ4n) is 3.73. The minimum Gasteiger partial charge on any atom is -0.497 e. The van der Waals surface area contributed by atoms with Gasteiger partial charge in [-0.2, -0.15) is 5.26 Å². The summed E-state index contributed by atoms with van der Waals surface area (Å²) in [4.78, 5) is 11.1. The summed E-state index contributed by atoms with van der Waals surface area (Å²) in [5, 5.41) is 13.7. The second kappa shape index (κ2) is 8.33. The summed E-state index contributed by atoms with van der Waals surface area (Å²) < 4.78 is 11.4. The van der Waals surface area contributed by atoms with Crippen LogP contribution in [0.15, 0.2) is 48.8 Å².